The normalized spacial score (nSPS) is 35.2. The number of halogens is 1. The van der Waals surface area contributed by atoms with E-state index in [0.717, 1.165) is 6.42 Å². The standard InChI is InChI=1S/C14H19NOS.ClH/c1-9(16)11-8-10-5-6-12(15(10)2)14(11)13-4-3-7-17-13;/h3-4,7,10-12,14H,5-6,8H2,1-2H3;1H. The summed E-state index contributed by atoms with van der Waals surface area (Å²) in [6, 6.07) is 5.54. The van der Waals surface area contributed by atoms with Crippen molar-refractivity contribution >= 4 is 29.5 Å². The summed E-state index contributed by atoms with van der Waals surface area (Å²) < 4.78 is 0. The number of rotatable bonds is 2. The molecule has 0 aliphatic carbocycles. The van der Waals surface area contributed by atoms with Crippen molar-refractivity contribution in [2.75, 3.05) is 7.05 Å². The van der Waals surface area contributed by atoms with E-state index in [1.807, 2.05) is 11.3 Å². The molecular formula is C14H20ClNOS. The maximum Gasteiger partial charge on any atom is 0.133 e. The van der Waals surface area contributed by atoms with Crippen LogP contribution in [0.5, 0.6) is 0 Å². The molecule has 2 aliphatic rings. The van der Waals surface area contributed by atoms with Crippen LogP contribution >= 0.6 is 23.7 Å². The summed E-state index contributed by atoms with van der Waals surface area (Å²) in [5, 5.41) is 2.13. The highest BCUT2D eigenvalue weighted by atomic mass is 35.5. The highest BCUT2D eigenvalue weighted by Crippen LogP contribution is 2.47. The van der Waals surface area contributed by atoms with Crippen LogP contribution in [-0.4, -0.2) is 29.8 Å². The Morgan fingerprint density at radius 3 is 2.83 bits per heavy atom. The van der Waals surface area contributed by atoms with Crippen molar-refractivity contribution in [1.82, 2.24) is 4.90 Å². The molecule has 2 nitrogen and oxygen atoms in total. The summed E-state index contributed by atoms with van der Waals surface area (Å²) >= 11 is 1.81. The molecule has 2 aliphatic heterocycles. The largest absolute Gasteiger partial charge is 0.300 e. The third kappa shape index (κ3) is 2.13. The van der Waals surface area contributed by atoms with Gasteiger partial charge in [-0.25, -0.2) is 0 Å². The van der Waals surface area contributed by atoms with Crippen LogP contribution in [0, 0.1) is 5.92 Å². The van der Waals surface area contributed by atoms with Gasteiger partial charge in [0.2, 0.25) is 0 Å². The maximum absolute atomic E-state index is 11.9. The van der Waals surface area contributed by atoms with Gasteiger partial charge in [-0.1, -0.05) is 6.07 Å². The van der Waals surface area contributed by atoms with E-state index in [1.165, 1.54) is 17.7 Å². The quantitative estimate of drug-likeness (QED) is 0.831. The molecule has 3 heterocycles. The number of hydrogen-bond donors (Lipinski definition) is 0. The van der Waals surface area contributed by atoms with Gasteiger partial charge in [0.25, 0.3) is 0 Å². The van der Waals surface area contributed by atoms with Gasteiger partial charge < -0.3 is 0 Å². The Morgan fingerprint density at radius 1 is 1.44 bits per heavy atom. The summed E-state index contributed by atoms with van der Waals surface area (Å²) in [5.74, 6) is 1.08. The monoisotopic (exact) mass is 285 g/mol. The van der Waals surface area contributed by atoms with Gasteiger partial charge in [-0.2, -0.15) is 0 Å². The van der Waals surface area contributed by atoms with Crippen molar-refractivity contribution in [3.05, 3.63) is 22.4 Å². The SMILES string of the molecule is CC(=O)C1CC2CCC(C1c1cccs1)N2C.Cl. The molecule has 4 heteroatoms. The zero-order chi connectivity index (χ0) is 12.0. The molecule has 1 aromatic rings. The number of carbonyl (C=O) groups is 1. The van der Waals surface area contributed by atoms with Crippen LogP contribution in [0.2, 0.25) is 0 Å². The topological polar surface area (TPSA) is 20.3 Å². The van der Waals surface area contributed by atoms with E-state index in [-0.39, 0.29) is 18.3 Å². The van der Waals surface area contributed by atoms with Gasteiger partial charge in [0.05, 0.1) is 0 Å². The number of hydrogen-bond acceptors (Lipinski definition) is 3. The highest BCUT2D eigenvalue weighted by molar-refractivity contribution is 7.10. The molecule has 0 N–H and O–H groups in total. The van der Waals surface area contributed by atoms with Gasteiger partial charge >= 0.3 is 0 Å². The number of thiophene rings is 1. The van der Waals surface area contributed by atoms with Crippen LogP contribution in [0.15, 0.2) is 17.5 Å². The molecule has 0 spiro atoms. The zero-order valence-corrected chi connectivity index (χ0v) is 12.5. The number of ketones is 1. The molecule has 0 radical (unpaired) electrons. The molecule has 0 aromatic carbocycles. The van der Waals surface area contributed by atoms with E-state index in [9.17, 15) is 4.79 Å². The van der Waals surface area contributed by atoms with E-state index in [0.29, 0.717) is 23.8 Å². The van der Waals surface area contributed by atoms with Crippen molar-refractivity contribution in [2.45, 2.75) is 44.2 Å². The lowest BCUT2D eigenvalue weighted by Crippen LogP contribution is -2.46. The Bertz CT molecular complexity index is 419. The number of likely N-dealkylation sites (N-methyl/N-ethyl adjacent to an activating group) is 1. The molecule has 18 heavy (non-hydrogen) atoms. The van der Waals surface area contributed by atoms with Crippen LogP contribution < -0.4 is 0 Å². The average Bonchev–Trinajstić information content (AvgIpc) is 2.87. The first kappa shape index (κ1) is 14.0. The van der Waals surface area contributed by atoms with Crippen molar-refractivity contribution in [3.63, 3.8) is 0 Å². The molecule has 4 atom stereocenters. The number of Topliss-reactive ketones (excluding diaryl/α,β-unsaturated/α-hetero) is 1. The van der Waals surface area contributed by atoms with E-state index in [2.05, 4.69) is 29.5 Å². The summed E-state index contributed by atoms with van der Waals surface area (Å²) in [7, 11) is 2.24. The number of nitrogens with zero attached hydrogens (tertiary/aromatic N) is 1. The van der Waals surface area contributed by atoms with Crippen LogP contribution in [0.25, 0.3) is 0 Å². The lowest BCUT2D eigenvalue weighted by molar-refractivity contribution is -0.123. The average molecular weight is 286 g/mol. The molecule has 4 unspecified atom stereocenters. The van der Waals surface area contributed by atoms with E-state index in [4.69, 9.17) is 0 Å². The van der Waals surface area contributed by atoms with E-state index >= 15 is 0 Å². The van der Waals surface area contributed by atoms with Gasteiger partial charge in [0.15, 0.2) is 0 Å². The third-order valence-electron chi connectivity index (χ3n) is 4.66. The van der Waals surface area contributed by atoms with Crippen molar-refractivity contribution < 1.29 is 4.79 Å². The minimum atomic E-state index is 0. The summed E-state index contributed by atoms with van der Waals surface area (Å²) in [5.41, 5.74) is 0. The fraction of sp³-hybridized carbons (Fsp3) is 0.643. The lowest BCUT2D eigenvalue weighted by Gasteiger charge is -2.41. The second kappa shape index (κ2) is 5.32. The maximum atomic E-state index is 11.9. The molecule has 2 fully saturated rings. The Kier molecular flexibility index (Phi) is 4.15. The number of carbonyl (C=O) groups excluding carboxylic acids is 1. The summed E-state index contributed by atoms with van der Waals surface area (Å²) in [6.07, 6.45) is 3.59. The molecule has 3 rings (SSSR count). The van der Waals surface area contributed by atoms with Gasteiger partial charge in [-0.15, -0.1) is 23.7 Å². The molecule has 100 valence electrons. The molecule has 1 aromatic heterocycles. The fourth-order valence-corrected chi connectivity index (χ4v) is 4.70. The minimum Gasteiger partial charge on any atom is -0.300 e. The molecule has 2 bridgehead atoms. The van der Waals surface area contributed by atoms with Crippen molar-refractivity contribution in [3.8, 4) is 0 Å². The first-order valence-electron chi connectivity index (χ1n) is 6.44. The first-order chi connectivity index (χ1) is 8.18. The predicted molar refractivity (Wildman–Crippen MR) is 77.7 cm³/mol. The van der Waals surface area contributed by atoms with E-state index < -0.39 is 0 Å². The summed E-state index contributed by atoms with van der Waals surface area (Å²) in [4.78, 5) is 15.8. The lowest BCUT2D eigenvalue weighted by atomic mass is 9.77. The van der Waals surface area contributed by atoms with Gasteiger partial charge in [0.1, 0.15) is 5.78 Å². The van der Waals surface area contributed by atoms with Crippen LogP contribution in [0.1, 0.15) is 37.0 Å². The second-order valence-electron chi connectivity index (χ2n) is 5.46. The number of fused-ring (bicyclic) bond motifs is 2. The van der Waals surface area contributed by atoms with Gasteiger partial charge in [-0.3, -0.25) is 9.69 Å². The fourth-order valence-electron chi connectivity index (χ4n) is 3.75. The van der Waals surface area contributed by atoms with Crippen LogP contribution in [0.3, 0.4) is 0 Å². The zero-order valence-electron chi connectivity index (χ0n) is 10.8. The van der Waals surface area contributed by atoms with Crippen molar-refractivity contribution in [1.29, 1.82) is 0 Å². The molecule has 0 saturated carbocycles. The smallest absolute Gasteiger partial charge is 0.133 e. The Hall–Kier alpha value is -0.380. The van der Waals surface area contributed by atoms with Gasteiger partial charge in [-0.05, 0) is 44.7 Å². The molecule has 2 saturated heterocycles. The first-order valence-corrected chi connectivity index (χ1v) is 7.32. The Morgan fingerprint density at radius 2 is 2.22 bits per heavy atom. The third-order valence-corrected chi connectivity index (χ3v) is 5.64. The minimum absolute atomic E-state index is 0. The van der Waals surface area contributed by atoms with Crippen LogP contribution in [0.4, 0.5) is 0 Å². The van der Waals surface area contributed by atoms with Crippen LogP contribution in [-0.2, 0) is 4.79 Å². The highest BCUT2D eigenvalue weighted by Gasteiger charge is 2.47. The molecular weight excluding hydrogens is 266 g/mol. The molecule has 0 amide bonds. The van der Waals surface area contributed by atoms with Crippen molar-refractivity contribution in [2.24, 2.45) is 5.92 Å². The Labute approximate surface area is 119 Å². The number of piperidine rings is 1. The second-order valence-corrected chi connectivity index (χ2v) is 6.44. The summed E-state index contributed by atoms with van der Waals surface area (Å²) in [6.45, 7) is 1.77. The van der Waals surface area contributed by atoms with Gasteiger partial charge in [0, 0.05) is 28.8 Å². The van der Waals surface area contributed by atoms with E-state index in [1.54, 1.807) is 6.92 Å². The predicted octanol–water partition coefficient (Wildman–Crippen LogP) is 3.33. The Balaban J connectivity index is 0.00000120.